The van der Waals surface area contributed by atoms with Gasteiger partial charge < -0.3 is 4.42 Å². The molecule has 0 N–H and O–H groups in total. The van der Waals surface area contributed by atoms with E-state index in [1.807, 2.05) is 85.8 Å². The van der Waals surface area contributed by atoms with Gasteiger partial charge in [0.2, 0.25) is 0 Å². The molecule has 0 bridgehead atoms. The average molecular weight is 1190 g/mol. The van der Waals surface area contributed by atoms with Crippen molar-refractivity contribution >= 4 is 75.0 Å². The van der Waals surface area contributed by atoms with Gasteiger partial charge in [0.05, 0.1) is 18.5 Å². The Labute approximate surface area is 538 Å². The molecule has 89 heavy (non-hydrogen) atoms. The Kier molecular flexibility index (Phi) is 23.2. The van der Waals surface area contributed by atoms with Crippen LogP contribution in [0.3, 0.4) is 0 Å². The van der Waals surface area contributed by atoms with Crippen LogP contribution in [0.25, 0.3) is 63.7 Å². The maximum Gasteiger partial charge on any atom is 0.135 e. The highest BCUT2D eigenvalue weighted by molar-refractivity contribution is 7.25. The van der Waals surface area contributed by atoms with Crippen LogP contribution in [0.15, 0.2) is 308 Å². The molecule has 0 aliphatic heterocycles. The monoisotopic (exact) mass is 1190 g/mol. The lowest BCUT2D eigenvalue weighted by atomic mass is 10.1. The van der Waals surface area contributed by atoms with Gasteiger partial charge in [0, 0.05) is 30.9 Å². The third-order valence-corrected chi connectivity index (χ3v) is 15.1. The van der Waals surface area contributed by atoms with Crippen molar-refractivity contribution in [2.24, 2.45) is 0 Å². The van der Waals surface area contributed by atoms with Gasteiger partial charge >= 0.3 is 0 Å². The van der Waals surface area contributed by atoms with Crippen LogP contribution >= 0.6 is 11.3 Å². The van der Waals surface area contributed by atoms with Crippen molar-refractivity contribution < 1.29 is 15.7 Å². The van der Waals surface area contributed by atoms with Crippen LogP contribution in [0.2, 0.25) is 0 Å². The fourth-order valence-electron chi connectivity index (χ4n) is 9.01. The van der Waals surface area contributed by atoms with Gasteiger partial charge in [-0.05, 0) is 156 Å². The predicted octanol–water partition coefficient (Wildman–Crippen LogP) is 24.8. The first-order valence-electron chi connectivity index (χ1n) is 32.1. The molecule has 2 nitrogen and oxygen atoms in total. The van der Waals surface area contributed by atoms with Crippen molar-refractivity contribution in [1.82, 2.24) is 0 Å². The highest BCUT2D eigenvalue weighted by atomic mass is 32.1. The van der Waals surface area contributed by atoms with E-state index in [0.29, 0.717) is 5.56 Å². The zero-order chi connectivity index (χ0) is 67.7. The van der Waals surface area contributed by atoms with E-state index >= 15 is 0 Å². The van der Waals surface area contributed by atoms with Crippen LogP contribution in [-0.4, -0.2) is 0 Å². The first kappa shape index (κ1) is 59.2. The first-order chi connectivity index (χ1) is 45.2. The Morgan fingerprint density at radius 1 is 0.326 bits per heavy atom. The predicted molar refractivity (Wildman–Crippen MR) is 385 cm³/mol. The number of hydrogen-bond donors (Lipinski definition) is 0. The number of rotatable bonds is 0. The zero-order valence-electron chi connectivity index (χ0n) is 57.6. The number of halogens is 1. The van der Waals surface area contributed by atoms with Gasteiger partial charge in [0.25, 0.3) is 0 Å². The van der Waals surface area contributed by atoms with E-state index in [2.05, 4.69) is 243 Å². The Hall–Kier alpha value is -10.2. The summed E-state index contributed by atoms with van der Waals surface area (Å²) >= 11 is 1.88. The normalized spacial score (nSPS) is 10.7. The van der Waals surface area contributed by atoms with Gasteiger partial charge in [-0.25, -0.2) is 4.39 Å². The molecule has 4 heteroatoms. The first-order valence-corrected chi connectivity index (χ1v) is 30.4. The number of hydrogen-bond acceptors (Lipinski definition) is 3. The van der Waals surface area contributed by atoms with E-state index < -0.39 is 0 Å². The molecule has 0 aliphatic carbocycles. The summed E-state index contributed by atoms with van der Waals surface area (Å²) in [5.41, 5.74) is 14.5. The summed E-state index contributed by atoms with van der Waals surface area (Å²) in [6, 6.07) is 93.0. The van der Waals surface area contributed by atoms with Crippen molar-refractivity contribution in [2.45, 2.75) is 69.2 Å². The molecule has 2 aromatic heterocycles. The van der Waals surface area contributed by atoms with Crippen molar-refractivity contribution in [3.05, 3.63) is 370 Å². The van der Waals surface area contributed by atoms with Gasteiger partial charge in [0.15, 0.2) is 0 Å². The number of fused-ring (bicyclic) bond motifs is 8. The van der Waals surface area contributed by atoms with Gasteiger partial charge in [0.1, 0.15) is 17.0 Å². The lowest BCUT2D eigenvalue weighted by Gasteiger charge is -1.98. The lowest BCUT2D eigenvalue weighted by Crippen LogP contribution is -1.75. The minimum absolute atomic E-state index is 0.124. The molecule has 0 saturated carbocycles. The fourth-order valence-corrected chi connectivity index (χ4v) is 10.2. The average Bonchev–Trinajstić information content (AvgIpc) is 1.66. The van der Waals surface area contributed by atoms with Crippen LogP contribution in [0.5, 0.6) is 0 Å². The van der Waals surface area contributed by atoms with Crippen molar-refractivity contribution in [2.75, 3.05) is 0 Å². The molecule has 15 rings (SSSR count). The summed E-state index contributed by atoms with van der Waals surface area (Å²) in [6.07, 6.45) is 0. The Balaban J connectivity index is 0.000000151. The SMILES string of the molecule is Cc1ccc(C#N)cc1.Cc1ccc(C)cc1.Cc1ccc(F)cc1.Cc1ccc2c(c1)oc1ccccc12.Cc1ccc2c(c1)sc1ccccc12.Cc1ccc2ccccc2c1.Cc1cccc2ccccc12.Cc1ccccc1.[2H]c1c([2H])c([2H])c(C)c([2H])c1[2H]. The molecule has 15 aromatic rings. The summed E-state index contributed by atoms with van der Waals surface area (Å²) < 4.78 is 56.9. The summed E-state index contributed by atoms with van der Waals surface area (Å²) in [4.78, 5) is 0. The topological polar surface area (TPSA) is 36.9 Å². The Bertz CT molecular complexity index is 4610. The molecule has 13 aromatic carbocycles. The summed E-state index contributed by atoms with van der Waals surface area (Å²) in [5, 5.41) is 18.9. The quantitative estimate of drug-likeness (QED) is 0.152. The fraction of sp³-hybridized carbons (Fsp3) is 0.118. The maximum atomic E-state index is 12.1. The summed E-state index contributed by atoms with van der Waals surface area (Å²) in [6.45, 7) is 20.2. The summed E-state index contributed by atoms with van der Waals surface area (Å²) in [5.74, 6) is -0.171. The number of nitriles is 1. The molecule has 444 valence electrons. The second kappa shape index (κ2) is 34.8. The zero-order valence-corrected chi connectivity index (χ0v) is 53.4. The molecule has 0 unspecified atom stereocenters. The Morgan fingerprint density at radius 3 is 1.36 bits per heavy atom. The van der Waals surface area contributed by atoms with Gasteiger partial charge in [-0.15, -0.1) is 11.3 Å². The van der Waals surface area contributed by atoms with Crippen LogP contribution in [0.4, 0.5) is 4.39 Å². The molecular weight excluding hydrogens is 1100 g/mol. The molecule has 0 aliphatic rings. The van der Waals surface area contributed by atoms with Gasteiger partial charge in [-0.2, -0.15) is 5.26 Å². The molecule has 0 spiro atoms. The van der Waals surface area contributed by atoms with E-state index in [-0.39, 0.29) is 36.0 Å². The van der Waals surface area contributed by atoms with Crippen molar-refractivity contribution in [1.29, 1.82) is 5.26 Å². The van der Waals surface area contributed by atoms with E-state index in [1.54, 1.807) is 12.1 Å². The maximum absolute atomic E-state index is 12.1. The van der Waals surface area contributed by atoms with Crippen LogP contribution in [0, 0.1) is 86.4 Å². The van der Waals surface area contributed by atoms with Crippen molar-refractivity contribution in [3.8, 4) is 6.07 Å². The Morgan fingerprint density at radius 2 is 0.764 bits per heavy atom. The molecule has 0 saturated heterocycles. The number of nitrogens with zero attached hydrogens (tertiary/aromatic N) is 1. The lowest BCUT2D eigenvalue weighted by molar-refractivity contribution is 0.627. The third-order valence-electron chi connectivity index (χ3n) is 14.0. The number of thiophene rings is 1. The highest BCUT2D eigenvalue weighted by Crippen LogP contribution is 2.34. The third kappa shape index (κ3) is 21.9. The highest BCUT2D eigenvalue weighted by Gasteiger charge is 2.05. The molecule has 0 fully saturated rings. The van der Waals surface area contributed by atoms with E-state index in [4.69, 9.17) is 16.5 Å². The molecule has 0 atom stereocenters. The number of benzene rings is 13. The second-order valence-electron chi connectivity index (χ2n) is 21.7. The molecule has 0 amide bonds. The van der Waals surface area contributed by atoms with Gasteiger partial charge in [-0.1, -0.05) is 294 Å². The number of para-hydroxylation sites is 1. The minimum Gasteiger partial charge on any atom is -0.456 e. The van der Waals surface area contributed by atoms with Crippen molar-refractivity contribution in [3.63, 3.8) is 0 Å². The standard InChI is InChI=1S/C13H10O.C13H10S.2C11H10.C8H7N.C8H10.C7H7F.2C7H8/c2*1-9-6-7-11-10-4-2-3-5-12(10)14-13(11)8-9;1-9-5-4-7-10-6-2-3-8-11(9)10;1-9-6-7-10-4-2-3-5-11(10)8-9;1-7-2-4-8(6-9)5-3-7;1-7-3-5-8(2)6-4-7;1-6-2-4-7(8)5-3-6;2*1-7-5-3-2-4-6-7/h2*2-8H,1H3;2*2-8H,1H3;2-5H,1H3;3-6H,1-2H3;2-5H,1H3;2*2-6H,1H3/i;;;;;;;2D,3D,4D,5D,6D;. The van der Waals surface area contributed by atoms with E-state index in [9.17, 15) is 4.39 Å². The van der Waals surface area contributed by atoms with Crippen LogP contribution in [0.1, 0.15) is 68.1 Å². The summed E-state index contributed by atoms with van der Waals surface area (Å²) in [7, 11) is 0. The largest absolute Gasteiger partial charge is 0.456 e. The minimum atomic E-state index is -0.337. The van der Waals surface area contributed by atoms with Crippen LogP contribution < -0.4 is 0 Å². The second-order valence-corrected chi connectivity index (χ2v) is 22.8. The smallest absolute Gasteiger partial charge is 0.135 e. The van der Waals surface area contributed by atoms with E-state index in [1.165, 1.54) is 116 Å². The number of aryl methyl sites for hydroxylation is 9. The van der Waals surface area contributed by atoms with Gasteiger partial charge in [-0.3, -0.25) is 0 Å². The van der Waals surface area contributed by atoms with Crippen LogP contribution in [-0.2, 0) is 0 Å². The molecule has 0 radical (unpaired) electrons. The molecular formula is C85H80FNOS. The van der Waals surface area contributed by atoms with E-state index in [0.717, 1.165) is 22.3 Å². The molecule has 2 heterocycles. The number of furan rings is 1.